The van der Waals surface area contributed by atoms with Crippen molar-refractivity contribution in [2.75, 3.05) is 0 Å². The number of hydrogen-bond donors (Lipinski definition) is 1. The lowest BCUT2D eigenvalue weighted by Crippen LogP contribution is -2.20. The third-order valence-electron chi connectivity index (χ3n) is 3.11. The van der Waals surface area contributed by atoms with E-state index in [4.69, 9.17) is 5.73 Å². The Morgan fingerprint density at radius 1 is 1.67 bits per heavy atom. The maximum atomic E-state index is 12.1. The molecule has 82 valence electrons. The van der Waals surface area contributed by atoms with Gasteiger partial charge >= 0.3 is 0 Å². The third kappa shape index (κ3) is 1.95. The Morgan fingerprint density at radius 3 is 3.07 bits per heavy atom. The maximum Gasteiger partial charge on any atom is 0.183 e. The van der Waals surface area contributed by atoms with Gasteiger partial charge in [0.15, 0.2) is 5.78 Å². The van der Waals surface area contributed by atoms with Crippen LogP contribution in [0.4, 0.5) is 0 Å². The fourth-order valence-electron chi connectivity index (χ4n) is 2.26. The Kier molecular flexibility index (Phi) is 2.86. The van der Waals surface area contributed by atoms with Crippen LogP contribution < -0.4 is 5.73 Å². The summed E-state index contributed by atoms with van der Waals surface area (Å²) in [4.78, 5) is 12.1. The first-order valence-electron chi connectivity index (χ1n) is 5.54. The molecule has 0 spiro atoms. The van der Waals surface area contributed by atoms with Gasteiger partial charge in [0.25, 0.3) is 0 Å². The summed E-state index contributed by atoms with van der Waals surface area (Å²) in [5.41, 5.74) is 6.55. The lowest BCUT2D eigenvalue weighted by molar-refractivity contribution is 0.0911. The molecule has 0 saturated heterocycles. The molecule has 0 aliphatic heterocycles. The molecule has 1 aliphatic rings. The standard InChI is InChI=1S/C11H17N3O/c1-2-14-10(5-6-13-14)11(15)8-3-4-9(12)7-8/h5-6,8-9H,2-4,7,12H2,1H3. The molecule has 15 heavy (non-hydrogen) atoms. The van der Waals surface area contributed by atoms with Crippen molar-refractivity contribution >= 4 is 5.78 Å². The van der Waals surface area contributed by atoms with Gasteiger partial charge in [0, 0.05) is 24.7 Å². The first kappa shape index (κ1) is 10.4. The monoisotopic (exact) mass is 207 g/mol. The summed E-state index contributed by atoms with van der Waals surface area (Å²) < 4.78 is 1.76. The van der Waals surface area contributed by atoms with Gasteiger partial charge in [0.1, 0.15) is 5.69 Å². The second kappa shape index (κ2) is 4.14. The molecule has 0 amide bonds. The quantitative estimate of drug-likeness (QED) is 0.758. The number of Topliss-reactive ketones (excluding diaryl/α,β-unsaturated/α-hetero) is 1. The minimum absolute atomic E-state index is 0.113. The lowest BCUT2D eigenvalue weighted by atomic mass is 10.00. The number of carbonyl (C=O) groups is 1. The Bertz CT molecular complexity index is 358. The van der Waals surface area contributed by atoms with Crippen LogP contribution in [-0.2, 0) is 6.54 Å². The molecule has 4 nitrogen and oxygen atoms in total. The van der Waals surface area contributed by atoms with E-state index < -0.39 is 0 Å². The van der Waals surface area contributed by atoms with E-state index in [2.05, 4.69) is 5.10 Å². The molecule has 0 radical (unpaired) electrons. The largest absolute Gasteiger partial charge is 0.328 e. The highest BCUT2D eigenvalue weighted by atomic mass is 16.1. The second-order valence-electron chi connectivity index (χ2n) is 4.17. The number of nitrogens with two attached hydrogens (primary N) is 1. The van der Waals surface area contributed by atoms with E-state index in [1.165, 1.54) is 0 Å². The van der Waals surface area contributed by atoms with E-state index in [0.717, 1.165) is 31.5 Å². The van der Waals surface area contributed by atoms with E-state index in [0.29, 0.717) is 0 Å². The third-order valence-corrected chi connectivity index (χ3v) is 3.11. The van der Waals surface area contributed by atoms with Crippen LogP contribution in [0.3, 0.4) is 0 Å². The van der Waals surface area contributed by atoms with Crippen molar-refractivity contribution in [3.8, 4) is 0 Å². The highest BCUT2D eigenvalue weighted by Crippen LogP contribution is 2.27. The minimum Gasteiger partial charge on any atom is -0.328 e. The summed E-state index contributed by atoms with van der Waals surface area (Å²) in [5, 5.41) is 4.11. The summed E-state index contributed by atoms with van der Waals surface area (Å²) in [6.45, 7) is 2.73. The number of aromatic nitrogens is 2. The predicted molar refractivity (Wildman–Crippen MR) is 57.5 cm³/mol. The smallest absolute Gasteiger partial charge is 0.183 e. The maximum absolute atomic E-state index is 12.1. The summed E-state index contributed by atoms with van der Waals surface area (Å²) in [7, 11) is 0. The molecule has 2 unspecified atom stereocenters. The van der Waals surface area contributed by atoms with E-state index >= 15 is 0 Å². The molecule has 2 N–H and O–H groups in total. The zero-order valence-corrected chi connectivity index (χ0v) is 9.02. The molecule has 1 heterocycles. The van der Waals surface area contributed by atoms with Crippen LogP contribution in [0, 0.1) is 5.92 Å². The topological polar surface area (TPSA) is 60.9 Å². The highest BCUT2D eigenvalue weighted by Gasteiger charge is 2.29. The SMILES string of the molecule is CCn1nccc1C(=O)C1CCC(N)C1. The van der Waals surface area contributed by atoms with Crippen LogP contribution >= 0.6 is 0 Å². The average Bonchev–Trinajstić information content (AvgIpc) is 2.84. The number of rotatable bonds is 3. The van der Waals surface area contributed by atoms with Crippen LogP contribution in [0.1, 0.15) is 36.7 Å². The van der Waals surface area contributed by atoms with Gasteiger partial charge in [0.05, 0.1) is 0 Å². The number of ketones is 1. The molecule has 2 rings (SSSR count). The van der Waals surface area contributed by atoms with Gasteiger partial charge in [-0.2, -0.15) is 5.10 Å². The zero-order chi connectivity index (χ0) is 10.8. The highest BCUT2D eigenvalue weighted by molar-refractivity contribution is 5.96. The fourth-order valence-corrected chi connectivity index (χ4v) is 2.26. The molecule has 2 atom stereocenters. The Balaban J connectivity index is 2.14. The molecule has 0 aromatic carbocycles. The molecule has 1 aromatic rings. The van der Waals surface area contributed by atoms with Gasteiger partial charge in [-0.15, -0.1) is 0 Å². The fraction of sp³-hybridized carbons (Fsp3) is 0.636. The van der Waals surface area contributed by atoms with E-state index in [1.54, 1.807) is 16.9 Å². The number of nitrogens with zero attached hydrogens (tertiary/aromatic N) is 2. The van der Waals surface area contributed by atoms with Crippen molar-refractivity contribution in [1.29, 1.82) is 0 Å². The first-order valence-corrected chi connectivity index (χ1v) is 5.54. The van der Waals surface area contributed by atoms with Crippen LogP contribution in [0.25, 0.3) is 0 Å². The Hall–Kier alpha value is -1.16. The predicted octanol–water partition coefficient (Wildman–Crippen LogP) is 1.21. The molecule has 1 aliphatic carbocycles. The zero-order valence-electron chi connectivity index (χ0n) is 9.02. The minimum atomic E-state index is 0.113. The number of aryl methyl sites for hydroxylation is 1. The van der Waals surface area contributed by atoms with Gasteiger partial charge in [-0.05, 0) is 32.3 Å². The van der Waals surface area contributed by atoms with Gasteiger partial charge in [-0.25, -0.2) is 0 Å². The lowest BCUT2D eigenvalue weighted by Gasteiger charge is -2.09. The van der Waals surface area contributed by atoms with E-state index in [1.807, 2.05) is 6.92 Å². The van der Waals surface area contributed by atoms with Crippen LogP contribution in [0.5, 0.6) is 0 Å². The van der Waals surface area contributed by atoms with Crippen molar-refractivity contribution in [2.24, 2.45) is 11.7 Å². The Labute approximate surface area is 89.5 Å². The van der Waals surface area contributed by atoms with Crippen molar-refractivity contribution < 1.29 is 4.79 Å². The van der Waals surface area contributed by atoms with Gasteiger partial charge in [-0.3, -0.25) is 9.48 Å². The van der Waals surface area contributed by atoms with Crippen molar-refractivity contribution in [2.45, 2.75) is 38.8 Å². The molecular weight excluding hydrogens is 190 g/mol. The summed E-state index contributed by atoms with van der Waals surface area (Å²) in [5.74, 6) is 0.323. The van der Waals surface area contributed by atoms with E-state index in [-0.39, 0.29) is 17.7 Å². The summed E-state index contributed by atoms with van der Waals surface area (Å²) in [6.07, 6.45) is 4.41. The molecular formula is C11H17N3O. The normalized spacial score (nSPS) is 25.7. The van der Waals surface area contributed by atoms with Crippen LogP contribution in [0.2, 0.25) is 0 Å². The van der Waals surface area contributed by atoms with Crippen molar-refractivity contribution in [1.82, 2.24) is 9.78 Å². The van der Waals surface area contributed by atoms with Gasteiger partial charge < -0.3 is 5.73 Å². The molecule has 1 fully saturated rings. The van der Waals surface area contributed by atoms with Crippen molar-refractivity contribution in [3.63, 3.8) is 0 Å². The van der Waals surface area contributed by atoms with Crippen LogP contribution in [0.15, 0.2) is 12.3 Å². The summed E-state index contributed by atoms with van der Waals surface area (Å²) >= 11 is 0. The average molecular weight is 207 g/mol. The molecule has 1 saturated carbocycles. The van der Waals surface area contributed by atoms with Gasteiger partial charge in [-0.1, -0.05) is 0 Å². The number of hydrogen-bond acceptors (Lipinski definition) is 3. The van der Waals surface area contributed by atoms with Crippen LogP contribution in [-0.4, -0.2) is 21.6 Å². The number of carbonyl (C=O) groups excluding carboxylic acids is 1. The summed E-state index contributed by atoms with van der Waals surface area (Å²) in [6, 6.07) is 2.01. The van der Waals surface area contributed by atoms with Crippen molar-refractivity contribution in [3.05, 3.63) is 18.0 Å². The van der Waals surface area contributed by atoms with E-state index in [9.17, 15) is 4.79 Å². The second-order valence-corrected chi connectivity index (χ2v) is 4.17. The molecule has 4 heteroatoms. The first-order chi connectivity index (χ1) is 7.22. The Morgan fingerprint density at radius 2 is 2.47 bits per heavy atom. The van der Waals surface area contributed by atoms with Gasteiger partial charge in [0.2, 0.25) is 0 Å². The molecule has 0 bridgehead atoms. The molecule has 1 aromatic heterocycles.